The molecule has 2 rings (SSSR count). The van der Waals surface area contributed by atoms with Crippen LogP contribution < -0.4 is 0 Å². The van der Waals surface area contributed by atoms with Gasteiger partial charge < -0.3 is 4.90 Å². The highest BCUT2D eigenvalue weighted by atomic mass is 32.2. The molecule has 0 N–H and O–H groups in total. The lowest BCUT2D eigenvalue weighted by Gasteiger charge is -2.41. The Morgan fingerprint density at radius 1 is 0.962 bits per heavy atom. The SMILES string of the molecule is CC(C)CC1CN(CC(C)C)CCN1S(=O)(=O)c1ccc(C(C)C)cc1. The van der Waals surface area contributed by atoms with Crippen LogP contribution >= 0.6 is 0 Å². The van der Waals surface area contributed by atoms with E-state index in [-0.39, 0.29) is 6.04 Å². The van der Waals surface area contributed by atoms with E-state index in [0.29, 0.717) is 29.2 Å². The van der Waals surface area contributed by atoms with Crippen LogP contribution in [0.25, 0.3) is 0 Å². The lowest BCUT2D eigenvalue weighted by Crippen LogP contribution is -2.55. The molecule has 1 aliphatic rings. The second-order valence-corrected chi connectivity index (χ2v) is 10.7. The van der Waals surface area contributed by atoms with E-state index >= 15 is 0 Å². The zero-order valence-electron chi connectivity index (χ0n) is 17.3. The van der Waals surface area contributed by atoms with E-state index in [2.05, 4.69) is 46.4 Å². The number of hydrogen-bond acceptors (Lipinski definition) is 3. The van der Waals surface area contributed by atoms with Crippen molar-refractivity contribution in [1.82, 2.24) is 9.21 Å². The van der Waals surface area contributed by atoms with E-state index in [1.807, 2.05) is 12.1 Å². The third-order valence-corrected chi connectivity index (χ3v) is 7.00. The fraction of sp³-hybridized carbons (Fsp3) is 0.714. The second kappa shape index (κ2) is 8.85. The average molecular weight is 381 g/mol. The quantitative estimate of drug-likeness (QED) is 0.712. The lowest BCUT2D eigenvalue weighted by atomic mass is 10.0. The first-order valence-corrected chi connectivity index (χ1v) is 11.4. The summed E-state index contributed by atoms with van der Waals surface area (Å²) < 4.78 is 28.4. The summed E-state index contributed by atoms with van der Waals surface area (Å²) in [6.45, 7) is 16.3. The van der Waals surface area contributed by atoms with Crippen LogP contribution in [0.3, 0.4) is 0 Å². The van der Waals surface area contributed by atoms with Gasteiger partial charge in [-0.25, -0.2) is 8.42 Å². The van der Waals surface area contributed by atoms with Crippen LogP contribution in [0.15, 0.2) is 29.2 Å². The van der Waals surface area contributed by atoms with Gasteiger partial charge in [-0.2, -0.15) is 4.31 Å². The van der Waals surface area contributed by atoms with Gasteiger partial charge in [-0.05, 0) is 41.9 Å². The summed E-state index contributed by atoms with van der Waals surface area (Å²) in [5, 5.41) is 0. The predicted octanol–water partition coefficient (Wildman–Crippen LogP) is 4.19. The van der Waals surface area contributed by atoms with E-state index in [4.69, 9.17) is 0 Å². The van der Waals surface area contributed by atoms with Gasteiger partial charge in [0.1, 0.15) is 0 Å². The maximum absolute atomic E-state index is 13.3. The highest BCUT2D eigenvalue weighted by Gasteiger charge is 2.36. The third-order valence-electron chi connectivity index (χ3n) is 5.03. The van der Waals surface area contributed by atoms with Crippen LogP contribution in [0.2, 0.25) is 0 Å². The maximum Gasteiger partial charge on any atom is 0.243 e. The van der Waals surface area contributed by atoms with E-state index < -0.39 is 10.0 Å². The van der Waals surface area contributed by atoms with Crippen molar-refractivity contribution in [3.8, 4) is 0 Å². The first kappa shape index (κ1) is 21.4. The molecule has 0 amide bonds. The minimum atomic E-state index is -3.44. The summed E-state index contributed by atoms with van der Waals surface area (Å²) in [6, 6.07) is 7.50. The molecule has 4 nitrogen and oxygen atoms in total. The number of hydrogen-bond donors (Lipinski definition) is 0. The number of rotatable bonds is 7. The Hall–Kier alpha value is -0.910. The van der Waals surface area contributed by atoms with Crippen molar-refractivity contribution in [3.63, 3.8) is 0 Å². The average Bonchev–Trinajstić information content (AvgIpc) is 2.53. The molecule has 1 atom stereocenters. The van der Waals surface area contributed by atoms with Crippen molar-refractivity contribution in [2.24, 2.45) is 11.8 Å². The molecule has 0 radical (unpaired) electrons. The largest absolute Gasteiger partial charge is 0.300 e. The summed E-state index contributed by atoms with van der Waals surface area (Å²) >= 11 is 0. The highest BCUT2D eigenvalue weighted by Crippen LogP contribution is 2.26. The summed E-state index contributed by atoms with van der Waals surface area (Å²) in [5.41, 5.74) is 1.17. The molecular formula is C21H36N2O2S. The van der Waals surface area contributed by atoms with Gasteiger partial charge in [0.05, 0.1) is 4.90 Å². The minimum Gasteiger partial charge on any atom is -0.300 e. The maximum atomic E-state index is 13.3. The van der Waals surface area contributed by atoms with Crippen LogP contribution in [0.1, 0.15) is 59.4 Å². The molecule has 0 aliphatic carbocycles. The lowest BCUT2D eigenvalue weighted by molar-refractivity contribution is 0.112. The van der Waals surface area contributed by atoms with Crippen molar-refractivity contribution < 1.29 is 8.42 Å². The Morgan fingerprint density at radius 3 is 2.08 bits per heavy atom. The van der Waals surface area contributed by atoms with Crippen LogP contribution in [0, 0.1) is 11.8 Å². The molecule has 0 bridgehead atoms. The van der Waals surface area contributed by atoms with Gasteiger partial charge in [-0.15, -0.1) is 0 Å². The summed E-state index contributed by atoms with van der Waals surface area (Å²) in [6.07, 6.45) is 0.901. The Labute approximate surface area is 160 Å². The predicted molar refractivity (Wildman–Crippen MR) is 109 cm³/mol. The minimum absolute atomic E-state index is 0.0530. The van der Waals surface area contributed by atoms with Gasteiger partial charge in [0.25, 0.3) is 0 Å². The molecule has 148 valence electrons. The first-order valence-electron chi connectivity index (χ1n) is 9.95. The summed E-state index contributed by atoms with van der Waals surface area (Å²) in [5.74, 6) is 1.47. The molecule has 1 saturated heterocycles. The zero-order valence-corrected chi connectivity index (χ0v) is 18.1. The molecule has 1 heterocycles. The van der Waals surface area contributed by atoms with Gasteiger partial charge in [0.2, 0.25) is 10.0 Å². The fourth-order valence-corrected chi connectivity index (χ4v) is 5.42. The molecule has 1 fully saturated rings. The van der Waals surface area contributed by atoms with E-state index in [1.54, 1.807) is 16.4 Å². The number of sulfonamides is 1. The molecule has 1 aliphatic heterocycles. The normalized spacial score (nSPS) is 20.4. The van der Waals surface area contributed by atoms with E-state index in [9.17, 15) is 8.42 Å². The van der Waals surface area contributed by atoms with Crippen molar-refractivity contribution in [3.05, 3.63) is 29.8 Å². The van der Waals surface area contributed by atoms with Crippen LogP contribution in [0.4, 0.5) is 0 Å². The Kier molecular flexibility index (Phi) is 7.28. The summed E-state index contributed by atoms with van der Waals surface area (Å²) in [4.78, 5) is 2.85. The van der Waals surface area contributed by atoms with Crippen molar-refractivity contribution in [1.29, 1.82) is 0 Å². The Morgan fingerprint density at radius 2 is 1.58 bits per heavy atom. The van der Waals surface area contributed by atoms with Gasteiger partial charge in [-0.3, -0.25) is 0 Å². The Balaban J connectivity index is 2.24. The molecule has 5 heteroatoms. The van der Waals surface area contributed by atoms with E-state index in [1.165, 1.54) is 5.56 Å². The molecule has 0 saturated carbocycles. The molecular weight excluding hydrogens is 344 g/mol. The number of benzene rings is 1. The standard InChI is InChI=1S/C21H36N2O2S/c1-16(2)13-20-15-22(14-17(3)4)11-12-23(20)26(24,25)21-9-7-19(8-10-21)18(5)6/h7-10,16-18,20H,11-15H2,1-6H3. The van der Waals surface area contributed by atoms with Gasteiger partial charge in [-0.1, -0.05) is 53.7 Å². The van der Waals surface area contributed by atoms with E-state index in [0.717, 1.165) is 26.1 Å². The monoisotopic (exact) mass is 380 g/mol. The smallest absolute Gasteiger partial charge is 0.243 e. The zero-order chi connectivity index (χ0) is 19.5. The fourth-order valence-electron chi connectivity index (χ4n) is 3.80. The topological polar surface area (TPSA) is 40.6 Å². The van der Waals surface area contributed by atoms with Gasteiger partial charge in [0, 0.05) is 32.2 Å². The van der Waals surface area contributed by atoms with Crippen LogP contribution in [0.5, 0.6) is 0 Å². The van der Waals surface area contributed by atoms with Crippen molar-refractivity contribution in [2.45, 2.75) is 64.8 Å². The molecule has 26 heavy (non-hydrogen) atoms. The highest BCUT2D eigenvalue weighted by molar-refractivity contribution is 7.89. The molecule has 1 unspecified atom stereocenters. The molecule has 0 spiro atoms. The molecule has 0 aromatic heterocycles. The Bertz CT molecular complexity index is 666. The van der Waals surface area contributed by atoms with Crippen LogP contribution in [-0.2, 0) is 10.0 Å². The second-order valence-electron chi connectivity index (χ2n) is 8.78. The first-order chi connectivity index (χ1) is 12.1. The van der Waals surface area contributed by atoms with Crippen LogP contribution in [-0.4, -0.2) is 49.8 Å². The summed E-state index contributed by atoms with van der Waals surface area (Å²) in [7, 11) is -3.44. The van der Waals surface area contributed by atoms with Crippen molar-refractivity contribution in [2.75, 3.05) is 26.2 Å². The molecule has 1 aromatic carbocycles. The number of nitrogens with zero attached hydrogens (tertiary/aromatic N) is 2. The van der Waals surface area contributed by atoms with Gasteiger partial charge >= 0.3 is 0 Å². The van der Waals surface area contributed by atoms with Gasteiger partial charge in [0.15, 0.2) is 0 Å². The third kappa shape index (κ3) is 5.30. The number of piperazine rings is 1. The van der Waals surface area contributed by atoms with Crippen molar-refractivity contribution >= 4 is 10.0 Å². The molecule has 1 aromatic rings.